The number of anilines is 1. The van der Waals surface area contributed by atoms with Crippen LogP contribution in [0.15, 0.2) is 36.7 Å². The van der Waals surface area contributed by atoms with Gasteiger partial charge in [0, 0.05) is 36.6 Å². The van der Waals surface area contributed by atoms with Crippen molar-refractivity contribution >= 4 is 29.4 Å². The van der Waals surface area contributed by atoms with E-state index in [1.807, 2.05) is 0 Å². The Labute approximate surface area is 235 Å². The highest BCUT2D eigenvalue weighted by atomic mass is 35.5. The van der Waals surface area contributed by atoms with Crippen molar-refractivity contribution < 1.29 is 23.8 Å². The molecule has 0 unspecified atom stereocenters. The van der Waals surface area contributed by atoms with Crippen molar-refractivity contribution in [2.24, 2.45) is 0 Å². The van der Waals surface area contributed by atoms with Gasteiger partial charge in [-0.1, -0.05) is 29.8 Å². The number of nitrogens with one attached hydrogen (secondary N) is 2. The first kappa shape index (κ1) is 27.9. The Hall–Kier alpha value is -3.67. The first-order valence-corrected chi connectivity index (χ1v) is 13.5. The summed E-state index contributed by atoms with van der Waals surface area (Å²) in [6.07, 6.45) is 4.79. The second-order valence-electron chi connectivity index (χ2n) is 9.97. The van der Waals surface area contributed by atoms with Gasteiger partial charge in [-0.2, -0.15) is 0 Å². The maximum Gasteiger partial charge on any atom is 0.256 e. The molecule has 3 N–H and O–H groups in total. The average Bonchev–Trinajstić information content (AvgIpc) is 3.30. The molecule has 2 atom stereocenters. The van der Waals surface area contributed by atoms with Crippen LogP contribution in [0, 0.1) is 12.7 Å². The van der Waals surface area contributed by atoms with Crippen LogP contribution in [-0.4, -0.2) is 68.7 Å². The molecule has 5 rings (SSSR count). The Bertz CT molecular complexity index is 1430. The minimum absolute atomic E-state index is 0.125. The van der Waals surface area contributed by atoms with Crippen LogP contribution in [-0.2, 0) is 16.1 Å². The van der Waals surface area contributed by atoms with Crippen LogP contribution in [0.1, 0.15) is 53.0 Å². The van der Waals surface area contributed by atoms with Crippen molar-refractivity contribution in [3.63, 3.8) is 0 Å². The number of fused-ring (bicyclic) bond motifs is 1. The molecule has 2 aromatic heterocycles. The van der Waals surface area contributed by atoms with E-state index in [-0.39, 0.29) is 24.1 Å². The zero-order valence-electron chi connectivity index (χ0n) is 22.2. The second-order valence-corrected chi connectivity index (χ2v) is 10.4. The van der Waals surface area contributed by atoms with Gasteiger partial charge < -0.3 is 25.4 Å². The second kappa shape index (κ2) is 11.8. The summed E-state index contributed by atoms with van der Waals surface area (Å²) in [5, 5.41) is 16.1. The SMILES string of the molecule is Cc1cccc([C@@H](CO)NC(=O)[C@@H](C)N2Cc3ncc(-c4nc(NC5CCOCC5)ncc4Cl)cc3C2=O)c1F. The maximum absolute atomic E-state index is 14.6. The van der Waals surface area contributed by atoms with Gasteiger partial charge in [0.15, 0.2) is 0 Å². The largest absolute Gasteiger partial charge is 0.394 e. The predicted octanol–water partition coefficient (Wildman–Crippen LogP) is 3.42. The normalized spacial score (nSPS) is 16.9. The molecule has 2 aliphatic rings. The van der Waals surface area contributed by atoms with Crippen molar-refractivity contribution in [3.05, 3.63) is 69.9 Å². The summed E-state index contributed by atoms with van der Waals surface area (Å²) >= 11 is 6.42. The number of aryl methyl sites for hydroxylation is 1. The Balaban J connectivity index is 1.31. The first-order valence-electron chi connectivity index (χ1n) is 13.1. The number of hydrogen-bond acceptors (Lipinski definition) is 8. The molecule has 4 heterocycles. The van der Waals surface area contributed by atoms with Crippen molar-refractivity contribution in [3.8, 4) is 11.3 Å². The predicted molar refractivity (Wildman–Crippen MR) is 146 cm³/mol. The molecule has 210 valence electrons. The summed E-state index contributed by atoms with van der Waals surface area (Å²) in [5.74, 6) is -0.970. The number of aliphatic hydroxyl groups is 1. The minimum atomic E-state index is -0.955. The van der Waals surface area contributed by atoms with Crippen molar-refractivity contribution in [2.75, 3.05) is 25.1 Å². The topological polar surface area (TPSA) is 130 Å². The maximum atomic E-state index is 14.6. The standard InChI is InChI=1S/C28H30ClFN6O4/c1-15-4-3-5-19(24(15)30)23(14-37)34-26(38)16(2)36-13-22-20(27(36)39)10-17(11-31-22)25-21(29)12-32-28(35-25)33-18-6-8-40-9-7-18/h3-5,10-12,16,18,23,37H,6-9,13-14H2,1-2H3,(H,34,38)(H,32,33,35)/t16-,23-/m1/s1. The lowest BCUT2D eigenvalue weighted by molar-refractivity contribution is -0.126. The molecule has 2 amide bonds. The van der Waals surface area contributed by atoms with Gasteiger partial charge in [-0.15, -0.1) is 0 Å². The van der Waals surface area contributed by atoms with E-state index in [1.54, 1.807) is 38.2 Å². The number of ether oxygens (including phenoxy) is 1. The molecule has 1 saturated heterocycles. The highest BCUT2D eigenvalue weighted by molar-refractivity contribution is 6.33. The van der Waals surface area contributed by atoms with Crippen molar-refractivity contribution in [2.45, 2.75) is 51.4 Å². The van der Waals surface area contributed by atoms with Gasteiger partial charge in [0.2, 0.25) is 11.9 Å². The van der Waals surface area contributed by atoms with E-state index in [4.69, 9.17) is 16.3 Å². The summed E-state index contributed by atoms with van der Waals surface area (Å²) in [5.41, 5.74) is 2.42. The smallest absolute Gasteiger partial charge is 0.256 e. The number of pyridine rings is 1. The van der Waals surface area contributed by atoms with E-state index in [9.17, 15) is 19.1 Å². The molecule has 0 aliphatic carbocycles. The molecule has 1 fully saturated rings. The number of halogens is 2. The third kappa shape index (κ3) is 5.63. The van der Waals surface area contributed by atoms with Crippen LogP contribution in [0.5, 0.6) is 0 Å². The van der Waals surface area contributed by atoms with Gasteiger partial charge in [-0.25, -0.2) is 14.4 Å². The summed E-state index contributed by atoms with van der Waals surface area (Å²) in [7, 11) is 0. The minimum Gasteiger partial charge on any atom is -0.394 e. The lowest BCUT2D eigenvalue weighted by Gasteiger charge is -2.26. The first-order chi connectivity index (χ1) is 19.3. The molecular formula is C28H30ClFN6O4. The highest BCUT2D eigenvalue weighted by Gasteiger charge is 2.36. The number of nitrogens with zero attached hydrogens (tertiary/aromatic N) is 4. The van der Waals surface area contributed by atoms with E-state index >= 15 is 0 Å². The number of rotatable bonds is 8. The van der Waals surface area contributed by atoms with Crippen LogP contribution in [0.2, 0.25) is 5.02 Å². The number of aromatic nitrogens is 3. The van der Waals surface area contributed by atoms with Crippen LogP contribution < -0.4 is 10.6 Å². The van der Waals surface area contributed by atoms with E-state index in [2.05, 4.69) is 25.6 Å². The summed E-state index contributed by atoms with van der Waals surface area (Å²) < 4.78 is 20.0. The molecule has 3 aromatic rings. The monoisotopic (exact) mass is 568 g/mol. The number of amides is 2. The molecule has 0 spiro atoms. The van der Waals surface area contributed by atoms with E-state index in [0.29, 0.717) is 52.3 Å². The third-order valence-electron chi connectivity index (χ3n) is 7.30. The number of aliphatic hydroxyl groups excluding tert-OH is 1. The van der Waals surface area contributed by atoms with Crippen LogP contribution in [0.25, 0.3) is 11.3 Å². The number of carbonyl (C=O) groups is 2. The van der Waals surface area contributed by atoms with Crippen molar-refractivity contribution in [1.29, 1.82) is 0 Å². The van der Waals surface area contributed by atoms with Gasteiger partial charge in [0.1, 0.15) is 11.9 Å². The molecule has 1 aromatic carbocycles. The highest BCUT2D eigenvalue weighted by Crippen LogP contribution is 2.31. The Morgan fingerprint density at radius 2 is 2.05 bits per heavy atom. The Morgan fingerprint density at radius 3 is 2.80 bits per heavy atom. The summed E-state index contributed by atoms with van der Waals surface area (Å²) in [4.78, 5) is 41.2. The quantitative estimate of drug-likeness (QED) is 0.377. The Morgan fingerprint density at radius 1 is 1.27 bits per heavy atom. The molecule has 0 saturated carbocycles. The van der Waals surface area contributed by atoms with Gasteiger partial charge >= 0.3 is 0 Å². The van der Waals surface area contributed by atoms with E-state index in [0.717, 1.165) is 12.8 Å². The molecule has 2 aliphatic heterocycles. The lowest BCUT2D eigenvalue weighted by Crippen LogP contribution is -2.47. The van der Waals surface area contributed by atoms with Gasteiger partial charge in [0.25, 0.3) is 5.91 Å². The fraction of sp³-hybridized carbons (Fsp3) is 0.393. The van der Waals surface area contributed by atoms with E-state index in [1.165, 1.54) is 17.2 Å². The number of hydrogen-bond donors (Lipinski definition) is 3. The summed E-state index contributed by atoms with van der Waals surface area (Å²) in [6, 6.07) is 4.78. The molecular weight excluding hydrogens is 539 g/mol. The van der Waals surface area contributed by atoms with Crippen LogP contribution >= 0.6 is 11.6 Å². The average molecular weight is 569 g/mol. The molecule has 12 heteroatoms. The zero-order valence-corrected chi connectivity index (χ0v) is 22.9. The van der Waals surface area contributed by atoms with E-state index < -0.39 is 30.4 Å². The molecule has 0 bridgehead atoms. The number of carbonyl (C=O) groups excluding carboxylic acids is 2. The van der Waals surface area contributed by atoms with Gasteiger partial charge in [-0.3, -0.25) is 14.6 Å². The molecule has 10 nitrogen and oxygen atoms in total. The Kier molecular flexibility index (Phi) is 8.24. The molecule has 40 heavy (non-hydrogen) atoms. The fourth-order valence-electron chi connectivity index (χ4n) is 4.89. The van der Waals surface area contributed by atoms with Crippen LogP contribution in [0.4, 0.5) is 10.3 Å². The van der Waals surface area contributed by atoms with Crippen molar-refractivity contribution in [1.82, 2.24) is 25.2 Å². The summed E-state index contributed by atoms with van der Waals surface area (Å²) in [6.45, 7) is 4.16. The zero-order chi connectivity index (χ0) is 28.4. The molecule has 0 radical (unpaired) electrons. The third-order valence-corrected chi connectivity index (χ3v) is 7.57. The number of benzene rings is 1. The van der Waals surface area contributed by atoms with Gasteiger partial charge in [-0.05, 0) is 38.3 Å². The lowest BCUT2D eigenvalue weighted by atomic mass is 10.0. The van der Waals surface area contributed by atoms with Gasteiger partial charge in [0.05, 0.1) is 47.4 Å². The van der Waals surface area contributed by atoms with Crippen LogP contribution in [0.3, 0.4) is 0 Å². The fourth-order valence-corrected chi connectivity index (χ4v) is 5.09.